The van der Waals surface area contributed by atoms with Gasteiger partial charge in [0.05, 0.1) is 0 Å². The number of amides is 1. The maximum absolute atomic E-state index is 11.1. The fraction of sp³-hybridized carbons (Fsp3) is 0.882. The van der Waals surface area contributed by atoms with Crippen molar-refractivity contribution >= 4 is 11.9 Å². The molecule has 0 atom stereocenters. The highest BCUT2D eigenvalue weighted by Gasteiger charge is 2.22. The molecule has 0 bridgehead atoms. The molecule has 1 rings (SSSR count). The first-order valence-electron chi connectivity index (χ1n) is 8.87. The topological polar surface area (TPSA) is 56.2 Å². The zero-order chi connectivity index (χ0) is 15.3. The van der Waals surface area contributed by atoms with Crippen molar-refractivity contribution in [1.82, 2.24) is 10.2 Å². The molecule has 1 amide bonds. The molecule has 0 unspecified atom stereocenters. The van der Waals surface area contributed by atoms with E-state index in [0.29, 0.717) is 6.54 Å². The Kier molecular flexibility index (Phi) is 9.92. The van der Waals surface area contributed by atoms with Crippen LogP contribution in [0.25, 0.3) is 0 Å². The van der Waals surface area contributed by atoms with Gasteiger partial charge in [0.2, 0.25) is 5.91 Å². The molecule has 1 aliphatic heterocycles. The van der Waals surface area contributed by atoms with Gasteiger partial charge in [0, 0.05) is 6.54 Å². The third-order valence-corrected chi connectivity index (χ3v) is 4.19. The lowest BCUT2D eigenvalue weighted by molar-refractivity contribution is -0.118. The quantitative estimate of drug-likeness (QED) is 0.504. The van der Waals surface area contributed by atoms with Crippen LogP contribution in [0.15, 0.2) is 0 Å². The lowest BCUT2D eigenvalue weighted by Gasteiger charge is -2.14. The molecule has 0 saturated carbocycles. The maximum Gasteiger partial charge on any atom is 0.246 e. The summed E-state index contributed by atoms with van der Waals surface area (Å²) in [5.74, 6) is 0.238. The molecule has 4 heteroatoms. The van der Waals surface area contributed by atoms with Crippen molar-refractivity contribution in [2.75, 3.05) is 13.1 Å². The van der Waals surface area contributed by atoms with Crippen molar-refractivity contribution in [3.8, 4) is 0 Å². The average molecular weight is 295 g/mol. The van der Waals surface area contributed by atoms with E-state index in [0.717, 1.165) is 13.0 Å². The molecule has 4 nitrogen and oxygen atoms in total. The normalized spacial score (nSPS) is 14.8. The Morgan fingerprint density at radius 3 is 1.81 bits per heavy atom. The number of rotatable bonds is 13. The van der Waals surface area contributed by atoms with E-state index in [9.17, 15) is 4.79 Å². The first kappa shape index (κ1) is 18.0. The summed E-state index contributed by atoms with van der Waals surface area (Å²) in [6.45, 7) is 3.48. The Labute approximate surface area is 130 Å². The van der Waals surface area contributed by atoms with Gasteiger partial charge in [-0.25, -0.2) is 0 Å². The molecule has 0 radical (unpaired) electrons. The molecule has 0 aromatic carbocycles. The van der Waals surface area contributed by atoms with Gasteiger partial charge in [-0.3, -0.25) is 15.5 Å². The molecule has 122 valence electrons. The number of hydrogen-bond acceptors (Lipinski definition) is 2. The van der Waals surface area contributed by atoms with Gasteiger partial charge in [0.15, 0.2) is 5.96 Å². The van der Waals surface area contributed by atoms with Crippen molar-refractivity contribution in [1.29, 1.82) is 5.41 Å². The number of nitrogens with zero attached hydrogens (tertiary/aromatic N) is 1. The summed E-state index contributed by atoms with van der Waals surface area (Å²) < 4.78 is 0. The molecule has 2 N–H and O–H groups in total. The number of hydrogen-bond donors (Lipinski definition) is 2. The standard InChI is InChI=1S/C17H33N3O/c1-2-3-4-5-6-7-8-9-10-11-12-13-14-20-15-16(21)19-17(20)18/h2-15H2,1H3,(H2,18,19,21). The van der Waals surface area contributed by atoms with Gasteiger partial charge < -0.3 is 4.90 Å². The van der Waals surface area contributed by atoms with Crippen molar-refractivity contribution in [2.45, 2.75) is 84.0 Å². The van der Waals surface area contributed by atoms with Crippen LogP contribution in [0.1, 0.15) is 84.0 Å². The van der Waals surface area contributed by atoms with E-state index >= 15 is 0 Å². The van der Waals surface area contributed by atoms with Gasteiger partial charge in [0.1, 0.15) is 6.54 Å². The predicted molar refractivity (Wildman–Crippen MR) is 88.5 cm³/mol. The van der Waals surface area contributed by atoms with Crippen LogP contribution in [0.3, 0.4) is 0 Å². The van der Waals surface area contributed by atoms with Crippen LogP contribution in [0.2, 0.25) is 0 Å². The molecule has 1 aliphatic rings. The minimum Gasteiger partial charge on any atom is -0.334 e. The van der Waals surface area contributed by atoms with Crippen molar-refractivity contribution in [2.24, 2.45) is 0 Å². The first-order chi connectivity index (χ1) is 10.2. The molecule has 0 spiro atoms. The Hall–Kier alpha value is -1.06. The predicted octanol–water partition coefficient (Wildman–Crippen LogP) is 4.05. The van der Waals surface area contributed by atoms with E-state index in [4.69, 9.17) is 5.41 Å². The maximum atomic E-state index is 11.1. The molecule has 1 saturated heterocycles. The Balaban J connectivity index is 1.79. The molecule has 0 aliphatic carbocycles. The SMILES string of the molecule is CCCCCCCCCCCCCCN1CC(=O)NC1=N. The van der Waals surface area contributed by atoms with Crippen molar-refractivity contribution in [3.05, 3.63) is 0 Å². The molecule has 21 heavy (non-hydrogen) atoms. The van der Waals surface area contributed by atoms with Gasteiger partial charge in [0.25, 0.3) is 0 Å². The summed E-state index contributed by atoms with van der Waals surface area (Å²) >= 11 is 0. The fourth-order valence-electron chi connectivity index (χ4n) is 2.84. The zero-order valence-corrected chi connectivity index (χ0v) is 13.8. The van der Waals surface area contributed by atoms with Crippen LogP contribution in [-0.4, -0.2) is 29.9 Å². The molecular formula is C17H33N3O. The van der Waals surface area contributed by atoms with E-state index in [-0.39, 0.29) is 11.9 Å². The van der Waals surface area contributed by atoms with Crippen LogP contribution < -0.4 is 5.32 Å². The fourth-order valence-corrected chi connectivity index (χ4v) is 2.84. The number of carbonyl (C=O) groups is 1. The van der Waals surface area contributed by atoms with Crippen LogP contribution in [0.5, 0.6) is 0 Å². The van der Waals surface area contributed by atoms with E-state index in [1.54, 1.807) is 0 Å². The second-order valence-electron chi connectivity index (χ2n) is 6.21. The van der Waals surface area contributed by atoms with Gasteiger partial charge in [-0.05, 0) is 6.42 Å². The monoisotopic (exact) mass is 295 g/mol. The molecule has 1 heterocycles. The van der Waals surface area contributed by atoms with E-state index in [1.807, 2.05) is 4.90 Å². The summed E-state index contributed by atoms with van der Waals surface area (Å²) in [5.41, 5.74) is 0. The highest BCUT2D eigenvalue weighted by Crippen LogP contribution is 2.12. The van der Waals surface area contributed by atoms with Gasteiger partial charge in [-0.15, -0.1) is 0 Å². The Morgan fingerprint density at radius 1 is 0.905 bits per heavy atom. The molecule has 0 aromatic heterocycles. The minimum absolute atomic E-state index is 0.0427. The Bertz CT molecular complexity index is 304. The summed E-state index contributed by atoms with van der Waals surface area (Å²) in [6.07, 6.45) is 16.1. The van der Waals surface area contributed by atoms with Gasteiger partial charge in [-0.2, -0.15) is 0 Å². The van der Waals surface area contributed by atoms with Crippen LogP contribution in [-0.2, 0) is 4.79 Å². The third-order valence-electron chi connectivity index (χ3n) is 4.19. The Morgan fingerprint density at radius 2 is 1.38 bits per heavy atom. The molecule has 1 fully saturated rings. The van der Waals surface area contributed by atoms with Crippen LogP contribution in [0, 0.1) is 5.41 Å². The van der Waals surface area contributed by atoms with E-state index < -0.39 is 0 Å². The van der Waals surface area contributed by atoms with Crippen LogP contribution >= 0.6 is 0 Å². The van der Waals surface area contributed by atoms with E-state index in [1.165, 1.54) is 70.6 Å². The van der Waals surface area contributed by atoms with Crippen LogP contribution in [0.4, 0.5) is 0 Å². The lowest BCUT2D eigenvalue weighted by Crippen LogP contribution is -2.29. The highest BCUT2D eigenvalue weighted by atomic mass is 16.2. The second-order valence-corrected chi connectivity index (χ2v) is 6.21. The van der Waals surface area contributed by atoms with E-state index in [2.05, 4.69) is 12.2 Å². The third kappa shape index (κ3) is 8.74. The zero-order valence-electron chi connectivity index (χ0n) is 13.8. The second kappa shape index (κ2) is 11.6. The summed E-state index contributed by atoms with van der Waals surface area (Å²) in [4.78, 5) is 12.9. The summed E-state index contributed by atoms with van der Waals surface area (Å²) in [7, 11) is 0. The minimum atomic E-state index is -0.0427. The van der Waals surface area contributed by atoms with Gasteiger partial charge in [-0.1, -0.05) is 77.6 Å². The largest absolute Gasteiger partial charge is 0.334 e. The molecular weight excluding hydrogens is 262 g/mol. The van der Waals surface area contributed by atoms with Crippen molar-refractivity contribution in [3.63, 3.8) is 0 Å². The van der Waals surface area contributed by atoms with Crippen molar-refractivity contribution < 1.29 is 4.79 Å². The summed E-state index contributed by atoms with van der Waals surface area (Å²) in [6, 6.07) is 0. The number of guanidine groups is 1. The highest BCUT2D eigenvalue weighted by molar-refractivity contribution is 6.02. The molecule has 0 aromatic rings. The lowest BCUT2D eigenvalue weighted by atomic mass is 10.1. The summed E-state index contributed by atoms with van der Waals surface area (Å²) in [5, 5.41) is 10.1. The van der Waals surface area contributed by atoms with Gasteiger partial charge >= 0.3 is 0 Å². The average Bonchev–Trinajstić information content (AvgIpc) is 2.78. The first-order valence-corrected chi connectivity index (χ1v) is 8.87. The smallest absolute Gasteiger partial charge is 0.246 e. The number of carbonyl (C=O) groups excluding carboxylic acids is 1. The number of nitrogens with one attached hydrogen (secondary N) is 2. The number of unbranched alkanes of at least 4 members (excludes halogenated alkanes) is 11.